The Balaban J connectivity index is 1.62. The number of carbonyl (C=O) groups excluding carboxylic acids is 1. The maximum Gasteiger partial charge on any atom is 0.266 e. The third-order valence-corrected chi connectivity index (χ3v) is 5.69. The topological polar surface area (TPSA) is 101 Å². The summed E-state index contributed by atoms with van der Waals surface area (Å²) in [5.74, 6) is -0.547. The summed E-state index contributed by atoms with van der Waals surface area (Å²) < 4.78 is 33.1. The van der Waals surface area contributed by atoms with Crippen LogP contribution in [0.1, 0.15) is 10.4 Å². The lowest BCUT2D eigenvalue weighted by Gasteiger charge is -2.10. The highest BCUT2D eigenvalue weighted by Crippen LogP contribution is 2.21. The second-order valence-corrected chi connectivity index (χ2v) is 7.65. The first-order valence-electron chi connectivity index (χ1n) is 7.57. The van der Waals surface area contributed by atoms with Crippen molar-refractivity contribution >= 4 is 49.5 Å². The zero-order valence-corrected chi connectivity index (χ0v) is 14.8. The molecule has 1 amide bonds. The molecule has 0 unspecified atom stereocenters. The predicted octanol–water partition coefficient (Wildman–Crippen LogP) is 2.47. The van der Waals surface area contributed by atoms with Crippen LogP contribution >= 0.6 is 11.7 Å². The Hall–Kier alpha value is -2.88. The molecule has 0 saturated heterocycles. The summed E-state index contributed by atoms with van der Waals surface area (Å²) in [6.45, 7) is 0. The van der Waals surface area contributed by atoms with Crippen molar-refractivity contribution < 1.29 is 13.2 Å². The van der Waals surface area contributed by atoms with Crippen LogP contribution in [0.4, 0.5) is 0 Å². The van der Waals surface area contributed by atoms with Gasteiger partial charge in [0, 0.05) is 5.56 Å². The molecule has 0 aliphatic rings. The average molecular weight is 384 g/mol. The molecule has 0 atom stereocenters. The lowest BCUT2D eigenvalue weighted by molar-refractivity contribution is 0.0947. The number of nitrogens with one attached hydrogen (secondary N) is 2. The van der Waals surface area contributed by atoms with Crippen LogP contribution in [0, 0.1) is 0 Å². The van der Waals surface area contributed by atoms with Gasteiger partial charge in [0.15, 0.2) is 0 Å². The van der Waals surface area contributed by atoms with E-state index in [2.05, 4.69) is 19.0 Å². The van der Waals surface area contributed by atoms with Crippen molar-refractivity contribution in [1.29, 1.82) is 0 Å². The van der Waals surface area contributed by atoms with Gasteiger partial charge in [-0.15, -0.1) is 4.83 Å². The molecule has 0 aliphatic heterocycles. The van der Waals surface area contributed by atoms with Crippen LogP contribution in [-0.4, -0.2) is 23.1 Å². The van der Waals surface area contributed by atoms with Crippen LogP contribution in [0.5, 0.6) is 0 Å². The number of hydrogen-bond donors (Lipinski definition) is 2. The fourth-order valence-electron chi connectivity index (χ4n) is 2.66. The van der Waals surface area contributed by atoms with E-state index < -0.39 is 15.9 Å². The molecular formula is C17H12N4O3S2. The monoisotopic (exact) mass is 384 g/mol. The van der Waals surface area contributed by atoms with E-state index in [0.29, 0.717) is 11.1 Å². The van der Waals surface area contributed by atoms with Crippen molar-refractivity contribution in [3.63, 3.8) is 0 Å². The lowest BCUT2D eigenvalue weighted by atomic mass is 10.0. The maximum absolute atomic E-state index is 12.6. The summed E-state index contributed by atoms with van der Waals surface area (Å²) in [5, 5.41) is 1.62. The van der Waals surface area contributed by atoms with Gasteiger partial charge in [-0.2, -0.15) is 8.75 Å². The van der Waals surface area contributed by atoms with Gasteiger partial charge in [0.05, 0.1) is 11.7 Å². The van der Waals surface area contributed by atoms with Gasteiger partial charge >= 0.3 is 0 Å². The van der Waals surface area contributed by atoms with Crippen molar-refractivity contribution in [2.75, 3.05) is 0 Å². The minimum absolute atomic E-state index is 0.0398. The second kappa shape index (κ2) is 6.45. The number of carbonyl (C=O) groups is 1. The largest absolute Gasteiger partial charge is 0.273 e. The van der Waals surface area contributed by atoms with E-state index in [1.807, 2.05) is 24.3 Å². The van der Waals surface area contributed by atoms with Crippen LogP contribution in [-0.2, 0) is 10.0 Å². The summed E-state index contributed by atoms with van der Waals surface area (Å²) >= 11 is 0.926. The zero-order chi connectivity index (χ0) is 18.1. The van der Waals surface area contributed by atoms with Crippen molar-refractivity contribution in [3.05, 3.63) is 66.2 Å². The van der Waals surface area contributed by atoms with Gasteiger partial charge in [-0.25, -0.2) is 8.42 Å². The zero-order valence-electron chi connectivity index (χ0n) is 13.2. The first-order chi connectivity index (χ1) is 12.6. The fraction of sp³-hybridized carbons (Fsp3) is 0. The van der Waals surface area contributed by atoms with Gasteiger partial charge in [0.1, 0.15) is 15.9 Å². The third-order valence-electron chi connectivity index (χ3n) is 3.87. The molecule has 3 aromatic carbocycles. The number of rotatable bonds is 4. The van der Waals surface area contributed by atoms with Gasteiger partial charge in [0.2, 0.25) is 0 Å². The minimum Gasteiger partial charge on any atom is -0.273 e. The number of hydrogen-bond acceptors (Lipinski definition) is 6. The SMILES string of the molecule is O=C(NNS(=O)(=O)c1cccc2nsnc12)c1cccc2ccccc12. The van der Waals surface area contributed by atoms with Gasteiger partial charge < -0.3 is 0 Å². The lowest BCUT2D eigenvalue weighted by Crippen LogP contribution is -2.41. The van der Waals surface area contributed by atoms with E-state index in [1.54, 1.807) is 30.3 Å². The smallest absolute Gasteiger partial charge is 0.266 e. The number of aromatic nitrogens is 2. The molecule has 4 aromatic rings. The number of amides is 1. The van der Waals surface area contributed by atoms with Crippen molar-refractivity contribution in [3.8, 4) is 0 Å². The summed E-state index contributed by atoms with van der Waals surface area (Å²) in [4.78, 5) is 14.6. The molecule has 1 aromatic heterocycles. The van der Waals surface area contributed by atoms with Crippen molar-refractivity contribution in [2.45, 2.75) is 4.90 Å². The summed E-state index contributed by atoms with van der Waals surface area (Å²) in [6.07, 6.45) is 0. The average Bonchev–Trinajstić information content (AvgIpc) is 3.14. The first-order valence-corrected chi connectivity index (χ1v) is 9.79. The van der Waals surface area contributed by atoms with Crippen molar-refractivity contribution in [1.82, 2.24) is 19.0 Å². The predicted molar refractivity (Wildman–Crippen MR) is 99.2 cm³/mol. The van der Waals surface area contributed by atoms with Crippen LogP contribution in [0.3, 0.4) is 0 Å². The molecule has 0 bridgehead atoms. The molecule has 130 valence electrons. The Labute approximate surface area is 153 Å². The first kappa shape index (κ1) is 16.6. The molecule has 0 spiro atoms. The van der Waals surface area contributed by atoms with Crippen molar-refractivity contribution in [2.24, 2.45) is 0 Å². The van der Waals surface area contributed by atoms with E-state index in [9.17, 15) is 13.2 Å². The Bertz CT molecular complexity index is 1230. The summed E-state index contributed by atoms with van der Waals surface area (Å²) in [7, 11) is -3.99. The molecule has 0 radical (unpaired) electrons. The second-order valence-electron chi connectivity index (χ2n) is 5.47. The maximum atomic E-state index is 12.6. The number of benzene rings is 3. The Kier molecular flexibility index (Phi) is 4.11. The summed E-state index contributed by atoms with van der Waals surface area (Å²) in [5.41, 5.74) is 3.39. The minimum atomic E-state index is -3.99. The van der Waals surface area contributed by atoms with Crippen LogP contribution in [0.2, 0.25) is 0 Å². The molecule has 9 heteroatoms. The highest BCUT2D eigenvalue weighted by molar-refractivity contribution is 7.89. The van der Waals surface area contributed by atoms with Crippen LogP contribution in [0.25, 0.3) is 21.8 Å². The van der Waals surface area contributed by atoms with Gasteiger partial charge in [-0.1, -0.05) is 42.5 Å². The van der Waals surface area contributed by atoms with E-state index in [-0.39, 0.29) is 10.4 Å². The molecule has 7 nitrogen and oxygen atoms in total. The Morgan fingerprint density at radius 2 is 1.69 bits per heavy atom. The molecule has 0 saturated carbocycles. The number of hydrazine groups is 1. The van der Waals surface area contributed by atoms with E-state index >= 15 is 0 Å². The standard InChI is InChI=1S/C17H12N4O3S2/c22-17(13-8-3-6-11-5-1-2-7-12(11)13)18-21-26(23,24)15-10-4-9-14-16(15)20-25-19-14/h1-10,21H,(H,18,22). The highest BCUT2D eigenvalue weighted by atomic mass is 32.2. The van der Waals surface area contributed by atoms with Gasteiger partial charge in [-0.05, 0) is 29.0 Å². The molecule has 0 fully saturated rings. The highest BCUT2D eigenvalue weighted by Gasteiger charge is 2.21. The fourth-order valence-corrected chi connectivity index (χ4v) is 4.26. The Morgan fingerprint density at radius 3 is 2.58 bits per heavy atom. The molecular weight excluding hydrogens is 372 g/mol. The van der Waals surface area contributed by atoms with E-state index in [0.717, 1.165) is 22.5 Å². The van der Waals surface area contributed by atoms with Crippen LogP contribution in [0.15, 0.2) is 65.6 Å². The Morgan fingerprint density at radius 1 is 0.923 bits per heavy atom. The molecule has 2 N–H and O–H groups in total. The van der Waals surface area contributed by atoms with Gasteiger partial charge in [0.25, 0.3) is 15.9 Å². The van der Waals surface area contributed by atoms with E-state index in [1.165, 1.54) is 6.07 Å². The number of nitrogens with zero attached hydrogens (tertiary/aromatic N) is 2. The molecule has 1 heterocycles. The van der Waals surface area contributed by atoms with Gasteiger partial charge in [-0.3, -0.25) is 10.2 Å². The molecule has 0 aliphatic carbocycles. The molecule has 4 rings (SSSR count). The third kappa shape index (κ3) is 2.92. The summed E-state index contributed by atoms with van der Waals surface area (Å²) in [6, 6.07) is 17.3. The van der Waals surface area contributed by atoms with Crippen LogP contribution < -0.4 is 10.3 Å². The quantitative estimate of drug-likeness (QED) is 0.527. The molecule has 26 heavy (non-hydrogen) atoms. The normalized spacial score (nSPS) is 11.7. The van der Waals surface area contributed by atoms with E-state index in [4.69, 9.17) is 0 Å². The number of fused-ring (bicyclic) bond motifs is 2. The number of sulfonamides is 1.